The van der Waals surface area contributed by atoms with Crippen LogP contribution in [-0.2, 0) is 0 Å². The van der Waals surface area contributed by atoms with E-state index in [1.165, 1.54) is 0 Å². The number of hydrogen-bond donors (Lipinski definition) is 0. The number of rotatable bonds is 5. The van der Waals surface area contributed by atoms with E-state index in [4.69, 9.17) is 4.74 Å². The number of anilines is 3. The second kappa shape index (κ2) is 13.4. The topological polar surface area (TPSA) is 46.1 Å². The molecule has 0 fully saturated rings. The van der Waals surface area contributed by atoms with Crippen molar-refractivity contribution in [3.63, 3.8) is 0 Å². The van der Waals surface area contributed by atoms with E-state index in [0.717, 1.165) is 106 Å². The fraction of sp³-hybridized carbons (Fsp3) is 0. The van der Waals surface area contributed by atoms with E-state index in [9.17, 15) is 5.26 Å². The Labute approximate surface area is 346 Å². The number of aromatic nitrogens is 2. The molecule has 0 bridgehead atoms. The molecule has 0 saturated carbocycles. The summed E-state index contributed by atoms with van der Waals surface area (Å²) >= 11 is 0. The summed E-state index contributed by atoms with van der Waals surface area (Å²) in [5, 5.41) is 16.5. The molecule has 11 aromatic rings. The van der Waals surface area contributed by atoms with Crippen molar-refractivity contribution >= 4 is 60.7 Å². The van der Waals surface area contributed by atoms with Gasteiger partial charge in [-0.05, 0) is 59.7 Å². The second-order valence-electron chi connectivity index (χ2n) is 15.1. The molecule has 0 radical (unpaired) electrons. The fourth-order valence-electron chi connectivity index (χ4n) is 9.51. The molecule has 280 valence electrons. The van der Waals surface area contributed by atoms with Crippen molar-refractivity contribution in [3.05, 3.63) is 212 Å². The molecule has 0 unspecified atom stereocenters. The third-order valence-corrected chi connectivity index (χ3v) is 11.9. The second-order valence-corrected chi connectivity index (χ2v) is 15.1. The Kier molecular flexibility index (Phi) is 7.53. The molecule has 12 rings (SSSR count). The van der Waals surface area contributed by atoms with Gasteiger partial charge >= 0.3 is 0 Å². The van der Waals surface area contributed by atoms with E-state index in [0.29, 0.717) is 5.56 Å². The Bertz CT molecular complexity index is 3210. The number of fused-ring (bicyclic) bond motifs is 8. The van der Waals surface area contributed by atoms with Crippen molar-refractivity contribution in [2.24, 2.45) is 0 Å². The largest absolute Gasteiger partial charge is 0.453 e. The van der Waals surface area contributed by atoms with Crippen LogP contribution in [0.15, 0.2) is 206 Å². The van der Waals surface area contributed by atoms with Gasteiger partial charge in [0.05, 0.1) is 56.1 Å². The zero-order chi connectivity index (χ0) is 39.7. The van der Waals surface area contributed by atoms with Crippen LogP contribution < -0.4 is 9.64 Å². The highest BCUT2D eigenvalue weighted by atomic mass is 16.5. The predicted octanol–water partition coefficient (Wildman–Crippen LogP) is 14.7. The Morgan fingerprint density at radius 1 is 0.350 bits per heavy atom. The Balaban J connectivity index is 1.44. The highest BCUT2D eigenvalue weighted by Crippen LogP contribution is 2.58. The first-order valence-corrected chi connectivity index (χ1v) is 20.2. The first-order valence-electron chi connectivity index (χ1n) is 20.2. The third kappa shape index (κ3) is 4.86. The van der Waals surface area contributed by atoms with E-state index in [1.54, 1.807) is 0 Å². The minimum Gasteiger partial charge on any atom is -0.453 e. The lowest BCUT2D eigenvalue weighted by atomic mass is 9.86. The van der Waals surface area contributed by atoms with Gasteiger partial charge in [-0.2, -0.15) is 5.26 Å². The molecule has 0 amide bonds. The summed E-state index contributed by atoms with van der Waals surface area (Å²) in [5.74, 6) is 1.48. The molecule has 2 aromatic heterocycles. The van der Waals surface area contributed by atoms with Gasteiger partial charge in [-0.3, -0.25) is 4.90 Å². The zero-order valence-corrected chi connectivity index (χ0v) is 32.3. The lowest BCUT2D eigenvalue weighted by Crippen LogP contribution is -2.21. The maximum atomic E-state index is 11.9. The van der Waals surface area contributed by atoms with E-state index >= 15 is 0 Å². The van der Waals surface area contributed by atoms with Crippen LogP contribution in [-0.4, -0.2) is 9.13 Å². The van der Waals surface area contributed by atoms with Gasteiger partial charge in [0.25, 0.3) is 0 Å². The lowest BCUT2D eigenvalue weighted by Gasteiger charge is -2.37. The molecule has 5 heteroatoms. The van der Waals surface area contributed by atoms with E-state index in [2.05, 4.69) is 190 Å². The van der Waals surface area contributed by atoms with Crippen molar-refractivity contribution in [2.45, 2.75) is 0 Å². The van der Waals surface area contributed by atoms with Gasteiger partial charge in [-0.25, -0.2) is 0 Å². The third-order valence-electron chi connectivity index (χ3n) is 11.9. The first kappa shape index (κ1) is 33.8. The molecule has 0 saturated heterocycles. The minimum atomic E-state index is 0.583. The van der Waals surface area contributed by atoms with Crippen LogP contribution in [0.5, 0.6) is 11.5 Å². The van der Waals surface area contributed by atoms with Crippen molar-refractivity contribution in [1.82, 2.24) is 9.13 Å². The summed E-state index contributed by atoms with van der Waals surface area (Å²) in [5.41, 5.74) is 12.8. The molecule has 0 aliphatic carbocycles. The standard InChI is InChI=1S/C55H34N4O/c56-35-42-51(36-19-3-1-4-20-36)53(57-43-27-11-7-23-38(43)39-24-8-12-28-44(39)57)55(59-47-31-15-17-33-49(47)60-50-34-18-16-32-48(50)59)54(52(42)37-21-5-2-6-22-37)58-45-29-13-9-25-40(45)41-26-10-14-30-46(41)58/h1-34H. The molecule has 0 spiro atoms. The molecule has 60 heavy (non-hydrogen) atoms. The summed E-state index contributed by atoms with van der Waals surface area (Å²) in [4.78, 5) is 2.38. The quantitative estimate of drug-likeness (QED) is 0.175. The maximum absolute atomic E-state index is 11.9. The Morgan fingerprint density at radius 2 is 0.683 bits per heavy atom. The fourth-order valence-corrected chi connectivity index (χ4v) is 9.51. The van der Waals surface area contributed by atoms with E-state index in [-0.39, 0.29) is 0 Å². The van der Waals surface area contributed by atoms with Crippen LogP contribution in [0.25, 0.3) is 77.2 Å². The van der Waals surface area contributed by atoms with Crippen LogP contribution in [0.4, 0.5) is 17.1 Å². The minimum absolute atomic E-state index is 0.583. The number of benzene rings is 9. The molecular formula is C55H34N4O. The van der Waals surface area contributed by atoms with Crippen molar-refractivity contribution in [2.75, 3.05) is 4.90 Å². The number of para-hydroxylation sites is 8. The number of hydrogen-bond acceptors (Lipinski definition) is 3. The molecule has 3 heterocycles. The van der Waals surface area contributed by atoms with Gasteiger partial charge in [0.1, 0.15) is 6.07 Å². The van der Waals surface area contributed by atoms with Gasteiger partial charge in [0.2, 0.25) is 0 Å². The normalized spacial score (nSPS) is 12.1. The van der Waals surface area contributed by atoms with Crippen LogP contribution in [0.1, 0.15) is 5.56 Å². The Morgan fingerprint density at radius 3 is 1.07 bits per heavy atom. The summed E-state index contributed by atoms with van der Waals surface area (Å²) in [7, 11) is 0. The SMILES string of the molecule is N#Cc1c(-c2ccccc2)c(-n2c3ccccc3c3ccccc32)c(N2c3ccccc3Oc3ccccc32)c(-n2c3ccccc3c3ccccc32)c1-c1ccccc1. The number of nitriles is 1. The molecule has 1 aliphatic rings. The first-order chi connectivity index (χ1) is 29.8. The lowest BCUT2D eigenvalue weighted by molar-refractivity contribution is 0.477. The summed E-state index contributed by atoms with van der Waals surface area (Å²) in [6.07, 6.45) is 0. The van der Waals surface area contributed by atoms with Crippen LogP contribution in [0, 0.1) is 11.3 Å². The maximum Gasteiger partial charge on any atom is 0.151 e. The predicted molar refractivity (Wildman–Crippen MR) is 245 cm³/mol. The van der Waals surface area contributed by atoms with Gasteiger partial charge in [-0.1, -0.05) is 158 Å². The van der Waals surface area contributed by atoms with Crippen molar-refractivity contribution in [1.29, 1.82) is 5.26 Å². The molecule has 9 aromatic carbocycles. The zero-order valence-electron chi connectivity index (χ0n) is 32.3. The van der Waals surface area contributed by atoms with Crippen LogP contribution in [0.2, 0.25) is 0 Å². The van der Waals surface area contributed by atoms with Gasteiger partial charge in [-0.15, -0.1) is 0 Å². The van der Waals surface area contributed by atoms with Gasteiger partial charge in [0.15, 0.2) is 11.5 Å². The average Bonchev–Trinajstić information content (AvgIpc) is 3.83. The van der Waals surface area contributed by atoms with Crippen molar-refractivity contribution < 1.29 is 4.74 Å². The summed E-state index contributed by atoms with van der Waals surface area (Å²) in [6, 6.07) is 74.7. The van der Waals surface area contributed by atoms with E-state index in [1.807, 2.05) is 36.4 Å². The molecule has 5 nitrogen and oxygen atoms in total. The highest BCUT2D eigenvalue weighted by Gasteiger charge is 2.37. The Hall–Kier alpha value is -8.33. The van der Waals surface area contributed by atoms with Gasteiger partial charge in [0, 0.05) is 32.7 Å². The van der Waals surface area contributed by atoms with E-state index < -0.39 is 0 Å². The summed E-state index contributed by atoms with van der Waals surface area (Å²) in [6.45, 7) is 0. The molecule has 0 atom stereocenters. The number of ether oxygens (including phenoxy) is 1. The molecular weight excluding hydrogens is 733 g/mol. The monoisotopic (exact) mass is 766 g/mol. The number of nitrogens with zero attached hydrogens (tertiary/aromatic N) is 4. The molecule has 1 aliphatic heterocycles. The van der Waals surface area contributed by atoms with Crippen molar-refractivity contribution in [3.8, 4) is 51.2 Å². The summed E-state index contributed by atoms with van der Waals surface area (Å²) < 4.78 is 11.5. The highest BCUT2D eigenvalue weighted by molar-refractivity contribution is 6.16. The molecule has 0 N–H and O–H groups in total. The average molecular weight is 767 g/mol. The van der Waals surface area contributed by atoms with Gasteiger partial charge < -0.3 is 13.9 Å². The van der Waals surface area contributed by atoms with Crippen LogP contribution >= 0.6 is 0 Å². The van der Waals surface area contributed by atoms with Crippen LogP contribution in [0.3, 0.4) is 0 Å². The smallest absolute Gasteiger partial charge is 0.151 e.